The number of aliphatic hydroxyl groups excluding tert-OH is 1. The number of nitrogens with zero attached hydrogens (tertiary/aromatic N) is 2. The molecule has 1 N–H and O–H groups in total. The third kappa shape index (κ3) is 2.99. The summed E-state index contributed by atoms with van der Waals surface area (Å²) < 4.78 is 14.7. The zero-order valence-corrected chi connectivity index (χ0v) is 12.9. The van der Waals surface area contributed by atoms with Gasteiger partial charge in [-0.1, -0.05) is 18.2 Å². The van der Waals surface area contributed by atoms with Crippen molar-refractivity contribution in [2.24, 2.45) is 0 Å². The van der Waals surface area contributed by atoms with Crippen molar-refractivity contribution in [3.8, 4) is 0 Å². The predicted octanol–water partition coefficient (Wildman–Crippen LogP) is 3.67. The maximum Gasteiger partial charge on any atom is 0.134 e. The fraction of sp³-hybridized carbons (Fsp3) is 0.267. The van der Waals surface area contributed by atoms with Gasteiger partial charge in [-0.25, -0.2) is 9.37 Å². The fourth-order valence-corrected chi connectivity index (χ4v) is 2.49. The van der Waals surface area contributed by atoms with Crippen LogP contribution in [0.4, 0.5) is 10.2 Å². The van der Waals surface area contributed by atoms with Gasteiger partial charge in [0.05, 0.1) is 12.6 Å². The van der Waals surface area contributed by atoms with E-state index in [1.165, 1.54) is 6.07 Å². The Bertz CT molecular complexity index is 606. The Balaban J connectivity index is 2.36. The quantitative estimate of drug-likeness (QED) is 0.923. The Morgan fingerprint density at radius 1 is 1.40 bits per heavy atom. The Morgan fingerprint density at radius 2 is 2.10 bits per heavy atom. The first-order valence-corrected chi connectivity index (χ1v) is 7.06. The molecule has 1 atom stereocenters. The molecule has 0 radical (unpaired) electrons. The van der Waals surface area contributed by atoms with Crippen LogP contribution in [0, 0.1) is 5.82 Å². The first-order valence-electron chi connectivity index (χ1n) is 6.27. The van der Waals surface area contributed by atoms with Gasteiger partial charge in [0.2, 0.25) is 0 Å². The van der Waals surface area contributed by atoms with Gasteiger partial charge < -0.3 is 10.0 Å². The number of hydrogen-bond donors (Lipinski definition) is 1. The summed E-state index contributed by atoms with van der Waals surface area (Å²) in [7, 11) is 1.84. The Kier molecular flexibility index (Phi) is 4.73. The topological polar surface area (TPSA) is 36.4 Å². The minimum Gasteiger partial charge on any atom is -0.392 e. The van der Waals surface area contributed by atoms with Crippen LogP contribution < -0.4 is 4.90 Å². The smallest absolute Gasteiger partial charge is 0.134 e. The molecule has 0 saturated carbocycles. The average molecular weight is 339 g/mol. The summed E-state index contributed by atoms with van der Waals surface area (Å²) in [6.07, 6.45) is 1.67. The Morgan fingerprint density at radius 3 is 2.75 bits per heavy atom. The van der Waals surface area contributed by atoms with Crippen LogP contribution in [0.1, 0.15) is 24.1 Å². The molecular formula is C15H16BrFN2O. The van der Waals surface area contributed by atoms with Gasteiger partial charge in [0.25, 0.3) is 0 Å². The maximum atomic E-state index is 13.9. The molecule has 0 aliphatic rings. The van der Waals surface area contributed by atoms with E-state index >= 15 is 0 Å². The highest BCUT2D eigenvalue weighted by molar-refractivity contribution is 9.10. The van der Waals surface area contributed by atoms with Gasteiger partial charge in [-0.05, 0) is 35.0 Å². The van der Waals surface area contributed by atoms with Crippen LogP contribution in [0.25, 0.3) is 0 Å². The summed E-state index contributed by atoms with van der Waals surface area (Å²) in [5, 5.41) is 9.44. The van der Waals surface area contributed by atoms with E-state index in [2.05, 4.69) is 20.9 Å². The zero-order chi connectivity index (χ0) is 14.7. The molecule has 106 valence electrons. The largest absolute Gasteiger partial charge is 0.392 e. The number of rotatable bonds is 4. The fourth-order valence-electron chi connectivity index (χ4n) is 2.11. The maximum absolute atomic E-state index is 13.9. The monoisotopic (exact) mass is 338 g/mol. The number of aromatic nitrogens is 1. The van der Waals surface area contributed by atoms with Crippen LogP contribution in [0.3, 0.4) is 0 Å². The molecule has 0 aliphatic heterocycles. The van der Waals surface area contributed by atoms with E-state index in [1.807, 2.05) is 31.0 Å². The number of anilines is 1. The molecule has 1 unspecified atom stereocenters. The summed E-state index contributed by atoms with van der Waals surface area (Å²) in [5.74, 6) is 0.404. The normalized spacial score (nSPS) is 12.2. The SMILES string of the molecule is CC(c1ccccc1F)N(C)c1ncc(Br)cc1CO. The van der Waals surface area contributed by atoms with Crippen LogP contribution in [-0.4, -0.2) is 17.1 Å². The molecule has 0 fully saturated rings. The molecule has 2 aromatic rings. The number of benzene rings is 1. The van der Waals surface area contributed by atoms with E-state index < -0.39 is 0 Å². The third-order valence-corrected chi connectivity index (χ3v) is 3.78. The lowest BCUT2D eigenvalue weighted by Crippen LogP contribution is -2.24. The lowest BCUT2D eigenvalue weighted by molar-refractivity contribution is 0.281. The van der Waals surface area contributed by atoms with E-state index in [4.69, 9.17) is 0 Å². The molecule has 5 heteroatoms. The van der Waals surface area contributed by atoms with Gasteiger partial charge in [0.1, 0.15) is 11.6 Å². The highest BCUT2D eigenvalue weighted by Gasteiger charge is 2.19. The molecule has 3 nitrogen and oxygen atoms in total. The highest BCUT2D eigenvalue weighted by atomic mass is 79.9. The summed E-state index contributed by atoms with van der Waals surface area (Å²) in [6, 6.07) is 8.31. The molecule has 20 heavy (non-hydrogen) atoms. The average Bonchev–Trinajstić information content (AvgIpc) is 2.46. The molecule has 1 aromatic heterocycles. The highest BCUT2D eigenvalue weighted by Crippen LogP contribution is 2.29. The molecule has 0 aliphatic carbocycles. The summed E-state index contributed by atoms with van der Waals surface area (Å²) >= 11 is 3.33. The van der Waals surface area contributed by atoms with Gasteiger partial charge in [-0.3, -0.25) is 0 Å². The summed E-state index contributed by atoms with van der Waals surface area (Å²) in [4.78, 5) is 6.18. The van der Waals surface area contributed by atoms with Gasteiger partial charge in [0.15, 0.2) is 0 Å². The molecule has 0 spiro atoms. The van der Waals surface area contributed by atoms with Crippen molar-refractivity contribution in [1.82, 2.24) is 4.98 Å². The van der Waals surface area contributed by atoms with Crippen molar-refractivity contribution in [3.05, 3.63) is 57.9 Å². The molecule has 2 rings (SSSR count). The van der Waals surface area contributed by atoms with Gasteiger partial charge in [0, 0.05) is 28.8 Å². The van der Waals surface area contributed by atoms with Gasteiger partial charge in [-0.15, -0.1) is 0 Å². The van der Waals surface area contributed by atoms with Crippen LogP contribution in [0.2, 0.25) is 0 Å². The van der Waals surface area contributed by atoms with Crippen molar-refractivity contribution in [2.75, 3.05) is 11.9 Å². The second-order valence-electron chi connectivity index (χ2n) is 4.60. The standard InChI is InChI=1S/C15H16BrFN2O/c1-10(13-5-3-4-6-14(13)17)19(2)15-11(9-20)7-12(16)8-18-15/h3-8,10,20H,9H2,1-2H3. The molecule has 0 amide bonds. The van der Waals surface area contributed by atoms with Crippen LogP contribution in [-0.2, 0) is 6.61 Å². The van der Waals surface area contributed by atoms with E-state index in [-0.39, 0.29) is 18.5 Å². The Hall–Kier alpha value is -1.46. The van der Waals surface area contributed by atoms with E-state index in [0.29, 0.717) is 16.9 Å². The minimum atomic E-state index is -0.241. The van der Waals surface area contributed by atoms with Crippen molar-refractivity contribution in [1.29, 1.82) is 0 Å². The Labute approximate surface area is 126 Å². The second-order valence-corrected chi connectivity index (χ2v) is 5.52. The minimum absolute atomic E-state index is 0.115. The summed E-state index contributed by atoms with van der Waals surface area (Å²) in [6.45, 7) is 1.79. The predicted molar refractivity (Wildman–Crippen MR) is 81.1 cm³/mol. The second kappa shape index (κ2) is 6.33. The number of hydrogen-bond acceptors (Lipinski definition) is 3. The van der Waals surface area contributed by atoms with E-state index in [1.54, 1.807) is 18.3 Å². The third-order valence-electron chi connectivity index (χ3n) is 3.35. The van der Waals surface area contributed by atoms with Crippen LogP contribution >= 0.6 is 15.9 Å². The first kappa shape index (κ1) is 14.9. The van der Waals surface area contributed by atoms with Crippen molar-refractivity contribution < 1.29 is 9.50 Å². The van der Waals surface area contributed by atoms with E-state index in [0.717, 1.165) is 4.47 Å². The number of pyridine rings is 1. The van der Waals surface area contributed by atoms with Crippen molar-refractivity contribution in [2.45, 2.75) is 19.6 Å². The van der Waals surface area contributed by atoms with Gasteiger partial charge >= 0.3 is 0 Å². The zero-order valence-electron chi connectivity index (χ0n) is 11.3. The van der Waals surface area contributed by atoms with Crippen LogP contribution in [0.5, 0.6) is 0 Å². The molecule has 0 saturated heterocycles. The van der Waals surface area contributed by atoms with Crippen LogP contribution in [0.15, 0.2) is 41.0 Å². The van der Waals surface area contributed by atoms with E-state index in [9.17, 15) is 9.50 Å². The molecule has 1 heterocycles. The lowest BCUT2D eigenvalue weighted by Gasteiger charge is -2.28. The molecule has 0 bridgehead atoms. The molecular weight excluding hydrogens is 323 g/mol. The van der Waals surface area contributed by atoms with Gasteiger partial charge in [-0.2, -0.15) is 0 Å². The number of halogens is 2. The van der Waals surface area contributed by atoms with Crippen molar-refractivity contribution >= 4 is 21.7 Å². The summed E-state index contributed by atoms with van der Waals surface area (Å²) in [5.41, 5.74) is 1.30. The lowest BCUT2D eigenvalue weighted by atomic mass is 10.1. The van der Waals surface area contributed by atoms with Crippen molar-refractivity contribution in [3.63, 3.8) is 0 Å². The molecule has 1 aromatic carbocycles. The first-order chi connectivity index (χ1) is 9.54. The number of aliphatic hydroxyl groups is 1.